The summed E-state index contributed by atoms with van der Waals surface area (Å²) in [5.41, 5.74) is 12.2. The smallest absolute Gasteiger partial charge is 0.177 e. The molecule has 0 saturated carbocycles. The van der Waals surface area contributed by atoms with Gasteiger partial charge in [-0.25, -0.2) is 0 Å². The van der Waals surface area contributed by atoms with Gasteiger partial charge in [-0.15, -0.1) is 0 Å². The molecule has 0 unspecified atom stereocenters. The summed E-state index contributed by atoms with van der Waals surface area (Å²) < 4.78 is 13.4. The van der Waals surface area contributed by atoms with Crippen molar-refractivity contribution in [1.82, 2.24) is 5.32 Å². The van der Waals surface area contributed by atoms with Crippen molar-refractivity contribution in [2.75, 3.05) is 0 Å². The molecule has 0 spiro atoms. The van der Waals surface area contributed by atoms with Gasteiger partial charge in [0, 0.05) is 28.8 Å². The van der Waals surface area contributed by atoms with Crippen LogP contribution in [0.4, 0.5) is 0 Å². The number of nitrogens with one attached hydrogen (secondary N) is 1. The molecule has 244 valence electrons. The van der Waals surface area contributed by atoms with Crippen LogP contribution in [0.25, 0.3) is 33.2 Å². The predicted octanol–water partition coefficient (Wildman–Crippen LogP) is 12.2. The van der Waals surface area contributed by atoms with Gasteiger partial charge < -0.3 is 14.8 Å². The molecule has 6 aromatic carbocycles. The Morgan fingerprint density at radius 1 is 0.720 bits per heavy atom. The molecule has 50 heavy (non-hydrogen) atoms. The highest BCUT2D eigenvalue weighted by Gasteiger charge is 2.41. The maximum absolute atomic E-state index is 6.74. The van der Waals surface area contributed by atoms with Gasteiger partial charge in [0.25, 0.3) is 0 Å². The summed E-state index contributed by atoms with van der Waals surface area (Å²) in [6, 6.07) is 45.1. The van der Waals surface area contributed by atoms with Crippen LogP contribution in [-0.2, 0) is 18.4 Å². The summed E-state index contributed by atoms with van der Waals surface area (Å²) in [7, 11) is 0. The molecule has 3 nitrogen and oxygen atoms in total. The lowest BCUT2D eigenvalue weighted by Gasteiger charge is -2.27. The van der Waals surface area contributed by atoms with Crippen LogP contribution in [0.1, 0.15) is 54.5 Å². The van der Waals surface area contributed by atoms with Crippen LogP contribution < -0.4 is 14.8 Å². The molecular formula is C47H39NO2. The second-order valence-corrected chi connectivity index (χ2v) is 14.0. The summed E-state index contributed by atoms with van der Waals surface area (Å²) in [6.07, 6.45) is 9.85. The van der Waals surface area contributed by atoms with Gasteiger partial charge in [-0.2, -0.15) is 0 Å². The largest absolute Gasteiger partial charge is 0.449 e. The average molecular weight is 650 g/mol. The summed E-state index contributed by atoms with van der Waals surface area (Å²) in [6.45, 7) is 5.34. The Morgan fingerprint density at radius 2 is 1.50 bits per heavy atom. The highest BCUT2D eigenvalue weighted by molar-refractivity contribution is 5.89. The SMILES string of the molecule is CC1(C)C2=C(CCC=C2)c2c1ccc1c2Oc2cccc(-c3ccc(CN/C(=C\Cc4ccccc4)c4ccc5ccccc5c4)cc3)c2O1. The van der Waals surface area contributed by atoms with Crippen molar-refractivity contribution in [3.63, 3.8) is 0 Å². The van der Waals surface area contributed by atoms with Crippen LogP contribution in [-0.4, -0.2) is 0 Å². The molecule has 1 aliphatic heterocycles. The maximum atomic E-state index is 6.74. The summed E-state index contributed by atoms with van der Waals surface area (Å²) in [4.78, 5) is 0. The van der Waals surface area contributed by atoms with Gasteiger partial charge in [0.05, 0.1) is 0 Å². The molecule has 0 amide bonds. The van der Waals surface area contributed by atoms with E-state index in [1.807, 2.05) is 6.07 Å². The highest BCUT2D eigenvalue weighted by atomic mass is 16.6. The van der Waals surface area contributed by atoms with E-state index >= 15 is 0 Å². The fraction of sp³-hybridized carbons (Fsp3) is 0.149. The molecule has 3 aliphatic rings. The molecule has 3 heteroatoms. The van der Waals surface area contributed by atoms with E-state index in [4.69, 9.17) is 9.47 Å². The molecular weight excluding hydrogens is 611 g/mol. The van der Waals surface area contributed by atoms with Crippen molar-refractivity contribution >= 4 is 22.0 Å². The Labute approximate surface area is 294 Å². The van der Waals surface area contributed by atoms with E-state index in [0.717, 1.165) is 59.1 Å². The first-order valence-corrected chi connectivity index (χ1v) is 17.7. The zero-order chi connectivity index (χ0) is 33.7. The number of allylic oxidation sites excluding steroid dienone is 5. The van der Waals surface area contributed by atoms with E-state index in [2.05, 4.69) is 159 Å². The lowest BCUT2D eigenvalue weighted by atomic mass is 9.80. The first-order valence-electron chi connectivity index (χ1n) is 17.7. The second-order valence-electron chi connectivity index (χ2n) is 14.0. The van der Waals surface area contributed by atoms with Crippen molar-refractivity contribution in [2.24, 2.45) is 0 Å². The molecule has 0 bridgehead atoms. The quantitative estimate of drug-likeness (QED) is 0.186. The van der Waals surface area contributed by atoms with Crippen LogP contribution in [0.2, 0.25) is 0 Å². The lowest BCUT2D eigenvalue weighted by molar-refractivity contribution is 0.359. The average Bonchev–Trinajstić information content (AvgIpc) is 3.40. The molecule has 9 rings (SSSR count). The van der Waals surface area contributed by atoms with E-state index in [-0.39, 0.29) is 5.41 Å². The predicted molar refractivity (Wildman–Crippen MR) is 206 cm³/mol. The fourth-order valence-corrected chi connectivity index (χ4v) is 7.85. The molecule has 0 fully saturated rings. The van der Waals surface area contributed by atoms with Crippen molar-refractivity contribution in [3.8, 4) is 34.1 Å². The highest BCUT2D eigenvalue weighted by Crippen LogP contribution is 2.59. The molecule has 2 aliphatic carbocycles. The summed E-state index contributed by atoms with van der Waals surface area (Å²) >= 11 is 0. The minimum absolute atomic E-state index is 0.0490. The number of fused-ring (bicyclic) bond motifs is 6. The van der Waals surface area contributed by atoms with Gasteiger partial charge in [0.2, 0.25) is 0 Å². The number of rotatable bonds is 7. The third kappa shape index (κ3) is 5.31. The second kappa shape index (κ2) is 12.3. The first-order chi connectivity index (χ1) is 24.5. The number of hydrogen-bond donors (Lipinski definition) is 1. The van der Waals surface area contributed by atoms with Crippen LogP contribution >= 0.6 is 0 Å². The Balaban J connectivity index is 0.973. The standard InChI is InChI=1S/C47H39NO2/c1-47(2)39-17-9-8-15-38(39)44-40(47)26-28-43-46(44)50-42-18-10-16-37(45(42)49-43)34-22-19-32(20-23-34)30-48-41(27-21-31-11-4-3-5-12-31)36-25-24-33-13-6-7-14-35(33)29-36/h3-7,9-14,16-20,22-29,48H,8,15,21,30H2,1-2H3/b41-27-. The maximum Gasteiger partial charge on any atom is 0.177 e. The van der Waals surface area contributed by atoms with Gasteiger partial charge in [0.15, 0.2) is 23.0 Å². The van der Waals surface area contributed by atoms with Crippen LogP contribution in [0, 0.1) is 0 Å². The summed E-state index contributed by atoms with van der Waals surface area (Å²) in [5, 5.41) is 6.25. The van der Waals surface area contributed by atoms with E-state index in [1.54, 1.807) is 0 Å². The zero-order valence-electron chi connectivity index (χ0n) is 28.5. The van der Waals surface area contributed by atoms with Crippen molar-refractivity contribution in [2.45, 2.75) is 45.1 Å². The van der Waals surface area contributed by atoms with Gasteiger partial charge >= 0.3 is 0 Å². The van der Waals surface area contributed by atoms with Gasteiger partial charge in [0.1, 0.15) is 0 Å². The third-order valence-electron chi connectivity index (χ3n) is 10.5. The summed E-state index contributed by atoms with van der Waals surface area (Å²) in [5.74, 6) is 3.16. The fourth-order valence-electron chi connectivity index (χ4n) is 7.85. The van der Waals surface area contributed by atoms with Gasteiger partial charge in [-0.3, -0.25) is 0 Å². The van der Waals surface area contributed by atoms with E-state index < -0.39 is 0 Å². The van der Waals surface area contributed by atoms with Crippen molar-refractivity contribution in [3.05, 3.63) is 179 Å². The minimum Gasteiger partial charge on any atom is -0.449 e. The number of hydrogen-bond acceptors (Lipinski definition) is 3. The molecule has 0 saturated heterocycles. The normalized spacial score (nSPS) is 15.4. The van der Waals surface area contributed by atoms with Crippen LogP contribution in [0.5, 0.6) is 23.0 Å². The number of benzene rings is 6. The zero-order valence-corrected chi connectivity index (χ0v) is 28.5. The molecule has 0 atom stereocenters. The Bertz CT molecular complexity index is 2360. The third-order valence-corrected chi connectivity index (χ3v) is 10.5. The van der Waals surface area contributed by atoms with Crippen LogP contribution in [0.15, 0.2) is 151 Å². The Kier molecular flexibility index (Phi) is 7.43. The molecule has 6 aromatic rings. The number of para-hydroxylation sites is 1. The van der Waals surface area contributed by atoms with Crippen molar-refractivity contribution < 1.29 is 9.47 Å². The van der Waals surface area contributed by atoms with Gasteiger partial charge in [-0.05, 0) is 87.2 Å². The minimum atomic E-state index is -0.0490. The topological polar surface area (TPSA) is 30.5 Å². The lowest BCUT2D eigenvalue weighted by Crippen LogP contribution is -2.16. The molecule has 0 radical (unpaired) electrons. The van der Waals surface area contributed by atoms with Gasteiger partial charge in [-0.1, -0.05) is 141 Å². The van der Waals surface area contributed by atoms with E-state index in [1.165, 1.54) is 49.7 Å². The first kappa shape index (κ1) is 30.3. The Hall–Kier alpha value is -5.80. The van der Waals surface area contributed by atoms with E-state index in [9.17, 15) is 0 Å². The van der Waals surface area contributed by atoms with E-state index in [0.29, 0.717) is 6.54 Å². The molecule has 0 aromatic heterocycles. The van der Waals surface area contributed by atoms with Crippen molar-refractivity contribution in [1.29, 1.82) is 0 Å². The van der Waals surface area contributed by atoms with Crippen LogP contribution in [0.3, 0.4) is 0 Å². The number of ether oxygens (including phenoxy) is 2. The monoisotopic (exact) mass is 649 g/mol. The molecule has 1 N–H and O–H groups in total. The molecule has 1 heterocycles. The Morgan fingerprint density at radius 3 is 2.36 bits per heavy atom.